The van der Waals surface area contributed by atoms with E-state index in [-0.39, 0.29) is 5.82 Å². The Morgan fingerprint density at radius 2 is 1.89 bits per heavy atom. The first kappa shape index (κ1) is 13.2. The van der Waals surface area contributed by atoms with E-state index in [2.05, 4.69) is 22.7 Å². The number of nitrogens with one attached hydrogen (secondary N) is 2. The first-order chi connectivity index (χ1) is 8.65. The van der Waals surface area contributed by atoms with Gasteiger partial charge < -0.3 is 10.2 Å². The van der Waals surface area contributed by atoms with E-state index < -0.39 is 0 Å². The van der Waals surface area contributed by atoms with Crippen LogP contribution in [-0.4, -0.2) is 48.2 Å². The Labute approximate surface area is 112 Å². The van der Waals surface area contributed by atoms with Crippen LogP contribution in [0.15, 0.2) is 24.3 Å². The highest BCUT2D eigenvalue weighted by molar-refractivity contribution is 7.80. The molecule has 1 saturated heterocycles. The van der Waals surface area contributed by atoms with Crippen molar-refractivity contribution in [3.8, 4) is 0 Å². The molecule has 1 aromatic rings. The van der Waals surface area contributed by atoms with Gasteiger partial charge in [-0.15, -0.1) is 0 Å². The molecule has 2 N–H and O–H groups in total. The van der Waals surface area contributed by atoms with Crippen molar-refractivity contribution >= 4 is 23.0 Å². The summed E-state index contributed by atoms with van der Waals surface area (Å²) in [6.45, 7) is 3.79. The second-order valence-electron chi connectivity index (χ2n) is 4.34. The van der Waals surface area contributed by atoms with Crippen molar-refractivity contribution in [2.75, 3.05) is 38.5 Å². The Bertz CT molecular complexity index is 418. The number of rotatable bonds is 2. The molecule has 0 amide bonds. The topological polar surface area (TPSA) is 30.5 Å². The number of halogens is 1. The summed E-state index contributed by atoms with van der Waals surface area (Å²) in [6.07, 6.45) is 0. The van der Waals surface area contributed by atoms with Gasteiger partial charge in [0.2, 0.25) is 0 Å². The second-order valence-corrected chi connectivity index (χ2v) is 4.74. The van der Waals surface area contributed by atoms with E-state index in [1.807, 2.05) is 5.01 Å². The van der Waals surface area contributed by atoms with Crippen LogP contribution in [0.1, 0.15) is 0 Å². The highest BCUT2D eigenvalue weighted by Gasteiger charge is 2.14. The van der Waals surface area contributed by atoms with Crippen LogP contribution >= 0.6 is 12.2 Å². The third-order valence-electron chi connectivity index (χ3n) is 2.88. The lowest BCUT2D eigenvalue weighted by molar-refractivity contribution is 0.131. The Morgan fingerprint density at radius 3 is 2.56 bits per heavy atom. The monoisotopic (exact) mass is 268 g/mol. The maximum atomic E-state index is 13.4. The zero-order valence-electron chi connectivity index (χ0n) is 10.3. The zero-order valence-corrected chi connectivity index (χ0v) is 11.1. The van der Waals surface area contributed by atoms with Gasteiger partial charge in [-0.2, -0.15) is 0 Å². The number of nitrogens with zero attached hydrogens (tertiary/aromatic N) is 2. The summed E-state index contributed by atoms with van der Waals surface area (Å²) in [7, 11) is 2.09. The van der Waals surface area contributed by atoms with Crippen LogP contribution in [0.4, 0.5) is 10.1 Å². The Hall–Kier alpha value is -1.24. The van der Waals surface area contributed by atoms with Gasteiger partial charge >= 0.3 is 0 Å². The molecule has 6 heteroatoms. The fourth-order valence-corrected chi connectivity index (χ4v) is 2.01. The van der Waals surface area contributed by atoms with Crippen LogP contribution in [0.2, 0.25) is 0 Å². The van der Waals surface area contributed by atoms with E-state index in [9.17, 15) is 4.39 Å². The lowest BCUT2D eigenvalue weighted by Crippen LogP contribution is -2.53. The number of benzene rings is 1. The fourth-order valence-electron chi connectivity index (χ4n) is 1.77. The van der Waals surface area contributed by atoms with Crippen molar-refractivity contribution in [2.45, 2.75) is 0 Å². The van der Waals surface area contributed by atoms with Gasteiger partial charge in [0.1, 0.15) is 5.82 Å². The Kier molecular flexibility index (Phi) is 4.46. The number of likely N-dealkylation sites (N-methyl/N-ethyl adjacent to an activating group) is 1. The van der Waals surface area contributed by atoms with Gasteiger partial charge in [0.05, 0.1) is 5.69 Å². The Morgan fingerprint density at radius 1 is 1.22 bits per heavy atom. The maximum absolute atomic E-state index is 13.4. The molecule has 1 aliphatic rings. The van der Waals surface area contributed by atoms with E-state index in [1.165, 1.54) is 6.07 Å². The predicted molar refractivity (Wildman–Crippen MR) is 74.8 cm³/mol. The quantitative estimate of drug-likeness (QED) is 0.789. The molecule has 98 valence electrons. The van der Waals surface area contributed by atoms with Crippen LogP contribution < -0.4 is 10.7 Å². The molecule has 0 unspecified atom stereocenters. The number of piperazine rings is 1. The predicted octanol–water partition coefficient (Wildman–Crippen LogP) is 1.27. The number of para-hydroxylation sites is 1. The minimum Gasteiger partial charge on any atom is -0.329 e. The fraction of sp³-hybridized carbons (Fsp3) is 0.417. The number of hydrazine groups is 1. The van der Waals surface area contributed by atoms with E-state index in [1.54, 1.807) is 18.2 Å². The average molecular weight is 268 g/mol. The van der Waals surface area contributed by atoms with E-state index in [0.29, 0.717) is 10.8 Å². The molecule has 0 radical (unpaired) electrons. The summed E-state index contributed by atoms with van der Waals surface area (Å²) >= 11 is 5.16. The van der Waals surface area contributed by atoms with Crippen LogP contribution in [0.5, 0.6) is 0 Å². The first-order valence-electron chi connectivity index (χ1n) is 5.91. The largest absolute Gasteiger partial charge is 0.329 e. The smallest absolute Gasteiger partial charge is 0.185 e. The van der Waals surface area contributed by atoms with Crippen LogP contribution in [0.25, 0.3) is 0 Å². The number of hydrogen-bond donors (Lipinski definition) is 2. The number of hydrogen-bond acceptors (Lipinski definition) is 3. The van der Waals surface area contributed by atoms with Gasteiger partial charge in [0.15, 0.2) is 5.11 Å². The Balaban J connectivity index is 1.84. The lowest BCUT2D eigenvalue weighted by atomic mass is 10.3. The van der Waals surface area contributed by atoms with Crippen molar-refractivity contribution in [3.05, 3.63) is 30.1 Å². The minimum absolute atomic E-state index is 0.306. The summed E-state index contributed by atoms with van der Waals surface area (Å²) in [6, 6.07) is 6.48. The molecule has 0 atom stereocenters. The molecule has 4 nitrogen and oxygen atoms in total. The molecule has 18 heavy (non-hydrogen) atoms. The standard InChI is InChI=1S/C12H17FN4S/c1-16-6-8-17(9-7-16)15-12(18)14-11-5-3-2-4-10(11)13/h2-5H,6-9H2,1H3,(H2,14,15,18). The molecule has 0 saturated carbocycles. The molecule has 1 heterocycles. The van der Waals surface area contributed by atoms with Crippen molar-refractivity contribution in [2.24, 2.45) is 0 Å². The number of thiocarbonyl (C=S) groups is 1. The van der Waals surface area contributed by atoms with E-state index >= 15 is 0 Å². The second kappa shape index (κ2) is 6.08. The molecule has 0 spiro atoms. The van der Waals surface area contributed by atoms with Gasteiger partial charge in [-0.3, -0.25) is 5.43 Å². The van der Waals surface area contributed by atoms with Gasteiger partial charge in [0, 0.05) is 26.2 Å². The van der Waals surface area contributed by atoms with Crippen molar-refractivity contribution in [1.82, 2.24) is 15.3 Å². The maximum Gasteiger partial charge on any atom is 0.185 e. The molecule has 0 bridgehead atoms. The van der Waals surface area contributed by atoms with Crippen molar-refractivity contribution < 1.29 is 4.39 Å². The van der Waals surface area contributed by atoms with Gasteiger partial charge in [-0.05, 0) is 31.4 Å². The highest BCUT2D eigenvalue weighted by Crippen LogP contribution is 2.12. The molecule has 2 rings (SSSR count). The molecular weight excluding hydrogens is 251 g/mol. The third-order valence-corrected chi connectivity index (χ3v) is 3.08. The summed E-state index contributed by atoms with van der Waals surface area (Å²) in [5.74, 6) is -0.306. The van der Waals surface area contributed by atoms with Gasteiger partial charge in [-0.1, -0.05) is 12.1 Å². The van der Waals surface area contributed by atoms with Gasteiger partial charge in [-0.25, -0.2) is 9.40 Å². The molecule has 1 fully saturated rings. The minimum atomic E-state index is -0.306. The summed E-state index contributed by atoms with van der Waals surface area (Å²) in [5, 5.41) is 5.32. The summed E-state index contributed by atoms with van der Waals surface area (Å²) < 4.78 is 13.4. The molecular formula is C12H17FN4S. The van der Waals surface area contributed by atoms with Crippen molar-refractivity contribution in [3.63, 3.8) is 0 Å². The summed E-state index contributed by atoms with van der Waals surface area (Å²) in [4.78, 5) is 2.26. The number of anilines is 1. The highest BCUT2D eigenvalue weighted by atomic mass is 32.1. The molecule has 0 aromatic heterocycles. The van der Waals surface area contributed by atoms with E-state index in [0.717, 1.165) is 26.2 Å². The van der Waals surface area contributed by atoms with E-state index in [4.69, 9.17) is 12.2 Å². The van der Waals surface area contributed by atoms with Crippen LogP contribution in [0.3, 0.4) is 0 Å². The third kappa shape index (κ3) is 3.63. The lowest BCUT2D eigenvalue weighted by Gasteiger charge is -2.33. The first-order valence-corrected chi connectivity index (χ1v) is 6.31. The average Bonchev–Trinajstić information content (AvgIpc) is 2.35. The van der Waals surface area contributed by atoms with Crippen LogP contribution in [0, 0.1) is 5.82 Å². The normalized spacial score (nSPS) is 17.4. The zero-order chi connectivity index (χ0) is 13.0. The van der Waals surface area contributed by atoms with Crippen molar-refractivity contribution in [1.29, 1.82) is 0 Å². The van der Waals surface area contributed by atoms with Crippen LogP contribution in [-0.2, 0) is 0 Å². The SMILES string of the molecule is CN1CCN(NC(=S)Nc2ccccc2F)CC1. The summed E-state index contributed by atoms with van der Waals surface area (Å²) in [5.41, 5.74) is 3.47. The molecule has 0 aliphatic carbocycles. The molecule has 1 aromatic carbocycles. The molecule has 1 aliphatic heterocycles. The van der Waals surface area contributed by atoms with Gasteiger partial charge in [0.25, 0.3) is 0 Å².